The van der Waals surface area contributed by atoms with Gasteiger partial charge < -0.3 is 4.74 Å². The molecule has 13 heteroatoms. The van der Waals surface area contributed by atoms with Gasteiger partial charge in [0.25, 0.3) is 11.1 Å². The molecular formula is C24H13BrF3IN2O5S. The van der Waals surface area contributed by atoms with Gasteiger partial charge in [-0.15, -0.1) is 0 Å². The Bertz CT molecular complexity index is 1450. The van der Waals surface area contributed by atoms with Crippen LogP contribution in [0.25, 0.3) is 6.08 Å². The summed E-state index contributed by atoms with van der Waals surface area (Å²) in [5, 5.41) is 11.0. The third kappa shape index (κ3) is 6.33. The Labute approximate surface area is 234 Å². The van der Waals surface area contributed by atoms with Gasteiger partial charge in [0.15, 0.2) is 0 Å². The van der Waals surface area contributed by atoms with E-state index >= 15 is 0 Å². The molecule has 7 nitrogen and oxygen atoms in total. The van der Waals surface area contributed by atoms with Crippen LogP contribution in [-0.2, 0) is 17.5 Å². The van der Waals surface area contributed by atoms with Crippen LogP contribution in [0, 0.1) is 13.7 Å². The molecular weight excluding hydrogens is 692 g/mol. The van der Waals surface area contributed by atoms with Gasteiger partial charge in [-0.3, -0.25) is 24.6 Å². The number of thioether (sulfide) groups is 1. The molecule has 2 amide bonds. The van der Waals surface area contributed by atoms with Crippen LogP contribution < -0.4 is 4.74 Å². The van der Waals surface area contributed by atoms with Gasteiger partial charge in [0, 0.05) is 19.7 Å². The molecule has 0 spiro atoms. The maximum atomic E-state index is 13.0. The Balaban J connectivity index is 1.65. The summed E-state index contributed by atoms with van der Waals surface area (Å²) in [5.74, 6) is -0.905. The van der Waals surface area contributed by atoms with E-state index in [1.165, 1.54) is 12.1 Å². The van der Waals surface area contributed by atoms with Crippen LogP contribution in [0.4, 0.5) is 23.7 Å². The lowest BCUT2D eigenvalue weighted by Gasteiger charge is -2.13. The van der Waals surface area contributed by atoms with E-state index in [9.17, 15) is 32.9 Å². The first-order valence-electron chi connectivity index (χ1n) is 10.3. The van der Waals surface area contributed by atoms with E-state index in [1.807, 2.05) is 24.3 Å². The SMILES string of the molecule is O=C1S/C(=C\c2cc(Br)ccc2Oc2ccc(C(F)(F)F)cc2[N+](=O)[O-])C(=O)N1Cc1ccc(I)cc1. The van der Waals surface area contributed by atoms with Gasteiger partial charge in [-0.05, 0) is 88.5 Å². The molecule has 0 atom stereocenters. The minimum absolute atomic E-state index is 0.0375. The lowest BCUT2D eigenvalue weighted by molar-refractivity contribution is -0.385. The first-order valence-corrected chi connectivity index (χ1v) is 12.9. The summed E-state index contributed by atoms with van der Waals surface area (Å²) in [5.41, 5.74) is -1.01. The Morgan fingerprint density at radius 3 is 2.38 bits per heavy atom. The summed E-state index contributed by atoms with van der Waals surface area (Å²) >= 11 is 6.17. The van der Waals surface area contributed by atoms with E-state index in [1.54, 1.807) is 12.1 Å². The number of amides is 2. The quantitative estimate of drug-likeness (QED) is 0.112. The number of carbonyl (C=O) groups excluding carboxylic acids is 2. The number of rotatable bonds is 6. The van der Waals surface area contributed by atoms with E-state index in [0.717, 1.165) is 31.9 Å². The number of nitrogens with zero attached hydrogens (tertiary/aromatic N) is 2. The molecule has 0 N–H and O–H groups in total. The Hall–Kier alpha value is -2.91. The Kier molecular flexibility index (Phi) is 7.94. The minimum Gasteiger partial charge on any atom is -0.449 e. The summed E-state index contributed by atoms with van der Waals surface area (Å²) in [6.45, 7) is 0.0819. The van der Waals surface area contributed by atoms with Crippen molar-refractivity contribution in [3.63, 3.8) is 0 Å². The maximum Gasteiger partial charge on any atom is 0.416 e. The van der Waals surface area contributed by atoms with E-state index < -0.39 is 39.2 Å². The third-order valence-electron chi connectivity index (χ3n) is 5.09. The largest absolute Gasteiger partial charge is 0.449 e. The average molecular weight is 705 g/mol. The minimum atomic E-state index is -4.77. The van der Waals surface area contributed by atoms with Crippen molar-refractivity contribution < 1.29 is 32.4 Å². The van der Waals surface area contributed by atoms with Crippen LogP contribution in [0.3, 0.4) is 0 Å². The molecule has 1 heterocycles. The zero-order valence-electron chi connectivity index (χ0n) is 18.3. The second-order valence-electron chi connectivity index (χ2n) is 7.62. The summed E-state index contributed by atoms with van der Waals surface area (Å²) < 4.78 is 46.3. The van der Waals surface area contributed by atoms with Crippen LogP contribution in [0.2, 0.25) is 0 Å². The fourth-order valence-corrected chi connectivity index (χ4v) is 4.88. The molecule has 1 aliphatic heterocycles. The number of nitro benzene ring substituents is 1. The van der Waals surface area contributed by atoms with Gasteiger partial charge in [0.05, 0.1) is 21.9 Å². The van der Waals surface area contributed by atoms with Gasteiger partial charge in [-0.2, -0.15) is 13.2 Å². The van der Waals surface area contributed by atoms with Crippen LogP contribution in [0.5, 0.6) is 11.5 Å². The van der Waals surface area contributed by atoms with Crippen molar-refractivity contribution in [3.05, 3.63) is 100 Å². The van der Waals surface area contributed by atoms with Crippen molar-refractivity contribution in [2.75, 3.05) is 0 Å². The van der Waals surface area contributed by atoms with Crippen molar-refractivity contribution in [2.24, 2.45) is 0 Å². The zero-order chi connectivity index (χ0) is 26.9. The predicted octanol–water partition coefficient (Wildman–Crippen LogP) is 8.01. The molecule has 0 aliphatic carbocycles. The molecule has 1 aliphatic rings. The zero-order valence-corrected chi connectivity index (χ0v) is 22.9. The van der Waals surface area contributed by atoms with Crippen LogP contribution >= 0.6 is 50.3 Å². The van der Waals surface area contributed by atoms with Crippen LogP contribution in [0.15, 0.2) is 70.0 Å². The number of hydrogen-bond acceptors (Lipinski definition) is 6. The van der Waals surface area contributed by atoms with Crippen molar-refractivity contribution in [3.8, 4) is 11.5 Å². The van der Waals surface area contributed by atoms with Crippen molar-refractivity contribution in [1.82, 2.24) is 4.90 Å². The van der Waals surface area contributed by atoms with Gasteiger partial charge in [-0.1, -0.05) is 28.1 Å². The summed E-state index contributed by atoms with van der Waals surface area (Å²) in [6.07, 6.45) is -3.37. The maximum absolute atomic E-state index is 13.0. The number of imide groups is 1. The Morgan fingerprint density at radius 1 is 1.05 bits per heavy atom. The van der Waals surface area contributed by atoms with Crippen molar-refractivity contribution in [2.45, 2.75) is 12.7 Å². The molecule has 3 aromatic rings. The number of alkyl halides is 3. The fraction of sp³-hybridized carbons (Fsp3) is 0.0833. The smallest absolute Gasteiger partial charge is 0.416 e. The monoisotopic (exact) mass is 704 g/mol. The third-order valence-corrected chi connectivity index (χ3v) is 7.21. The van der Waals surface area contributed by atoms with Gasteiger partial charge in [-0.25, -0.2) is 0 Å². The van der Waals surface area contributed by atoms with Gasteiger partial charge in [0.1, 0.15) is 5.75 Å². The molecule has 0 aromatic heterocycles. The van der Waals surface area contributed by atoms with Crippen LogP contribution in [-0.4, -0.2) is 21.0 Å². The number of carbonyl (C=O) groups is 2. The highest BCUT2D eigenvalue weighted by atomic mass is 127. The molecule has 0 radical (unpaired) electrons. The highest BCUT2D eigenvalue weighted by molar-refractivity contribution is 14.1. The summed E-state index contributed by atoms with van der Waals surface area (Å²) in [7, 11) is 0. The molecule has 1 saturated heterocycles. The molecule has 190 valence electrons. The topological polar surface area (TPSA) is 89.7 Å². The van der Waals surface area contributed by atoms with Crippen molar-refractivity contribution in [1.29, 1.82) is 0 Å². The molecule has 0 saturated carbocycles. The first-order chi connectivity index (χ1) is 17.4. The molecule has 3 aromatic carbocycles. The summed E-state index contributed by atoms with van der Waals surface area (Å²) in [4.78, 5) is 37.2. The second-order valence-corrected chi connectivity index (χ2v) is 10.8. The standard InChI is InChI=1S/C24H13BrF3IN2O5S/c25-16-4-8-19(36-20-7-3-15(24(26,27)28)11-18(20)31(34)35)14(9-16)10-21-22(32)30(23(33)37-21)12-13-1-5-17(29)6-2-13/h1-11H,12H2/b21-10-. The second kappa shape index (κ2) is 10.8. The molecule has 0 bridgehead atoms. The first kappa shape index (κ1) is 27.1. The highest BCUT2D eigenvalue weighted by Gasteiger charge is 2.36. The number of halogens is 5. The van der Waals surface area contributed by atoms with Gasteiger partial charge in [0.2, 0.25) is 5.75 Å². The number of benzene rings is 3. The van der Waals surface area contributed by atoms with E-state index in [0.29, 0.717) is 16.6 Å². The number of ether oxygens (including phenoxy) is 1. The number of hydrogen-bond donors (Lipinski definition) is 0. The lowest BCUT2D eigenvalue weighted by Crippen LogP contribution is -2.27. The average Bonchev–Trinajstić information content (AvgIpc) is 3.08. The molecule has 0 unspecified atom stereocenters. The van der Waals surface area contributed by atoms with E-state index in [2.05, 4.69) is 38.5 Å². The van der Waals surface area contributed by atoms with E-state index in [4.69, 9.17) is 4.74 Å². The number of nitro groups is 1. The molecule has 37 heavy (non-hydrogen) atoms. The highest BCUT2D eigenvalue weighted by Crippen LogP contribution is 2.40. The van der Waals surface area contributed by atoms with Gasteiger partial charge >= 0.3 is 11.9 Å². The fourth-order valence-electron chi connectivity index (χ4n) is 3.32. The van der Waals surface area contributed by atoms with Crippen molar-refractivity contribution >= 4 is 73.2 Å². The molecule has 1 fully saturated rings. The van der Waals surface area contributed by atoms with E-state index in [-0.39, 0.29) is 22.8 Å². The predicted molar refractivity (Wildman–Crippen MR) is 143 cm³/mol. The van der Waals surface area contributed by atoms with Crippen LogP contribution in [0.1, 0.15) is 16.7 Å². The lowest BCUT2D eigenvalue weighted by atomic mass is 10.1. The normalized spacial score (nSPS) is 14.9. The molecule has 4 rings (SSSR count). The summed E-state index contributed by atoms with van der Waals surface area (Å²) in [6, 6.07) is 13.8. The Morgan fingerprint density at radius 2 is 1.73 bits per heavy atom.